The molecule has 1 atom stereocenters. The number of methoxy groups -OCH3 is 2. The zero-order chi connectivity index (χ0) is 37.9. The molecule has 0 spiro atoms. The zero-order valence-electron chi connectivity index (χ0n) is 29.6. The Morgan fingerprint density at radius 2 is 1.81 bits per heavy atom. The molecular formula is C37H40ClF2N3O9. The topological polar surface area (TPSA) is 138 Å². The van der Waals surface area contributed by atoms with Crippen LogP contribution >= 0.6 is 11.6 Å². The van der Waals surface area contributed by atoms with Gasteiger partial charge < -0.3 is 43.6 Å². The lowest BCUT2D eigenvalue weighted by atomic mass is 10.1. The number of carbonyl (C=O) groups excluding carboxylic acids is 2. The molecule has 5 rings (SSSR count). The minimum absolute atomic E-state index is 0.0162. The number of benzene rings is 3. The third-order valence-electron chi connectivity index (χ3n) is 8.28. The molecule has 1 aliphatic heterocycles. The first-order valence-corrected chi connectivity index (χ1v) is 16.8. The molecule has 12 nitrogen and oxygen atoms in total. The summed E-state index contributed by atoms with van der Waals surface area (Å²) in [6.07, 6.45) is 0.258. The molecule has 1 amide bonds. The van der Waals surface area contributed by atoms with Crippen LogP contribution in [0.25, 0.3) is 16.6 Å². The number of fused-ring (bicyclic) bond motifs is 1. The first kappa shape index (κ1) is 38.2. The molecule has 0 radical (unpaired) electrons. The summed E-state index contributed by atoms with van der Waals surface area (Å²) in [5, 5.41) is 12.8. The van der Waals surface area contributed by atoms with Gasteiger partial charge in [-0.1, -0.05) is 11.6 Å². The number of aromatic nitrogens is 1. The van der Waals surface area contributed by atoms with Crippen molar-refractivity contribution in [3.05, 3.63) is 86.2 Å². The molecular weight excluding hydrogens is 704 g/mol. The van der Waals surface area contributed by atoms with Gasteiger partial charge in [-0.2, -0.15) is 0 Å². The van der Waals surface area contributed by atoms with Crippen LogP contribution in [0.4, 0.5) is 19.3 Å². The van der Waals surface area contributed by atoms with Crippen molar-refractivity contribution in [1.82, 2.24) is 9.47 Å². The summed E-state index contributed by atoms with van der Waals surface area (Å²) in [5.41, 5.74) is -1.30. The monoisotopic (exact) mass is 743 g/mol. The number of aliphatic hydroxyl groups is 1. The average Bonchev–Trinajstić information content (AvgIpc) is 3.58. The predicted molar refractivity (Wildman–Crippen MR) is 190 cm³/mol. The fourth-order valence-corrected chi connectivity index (χ4v) is 6.14. The minimum Gasteiger partial charge on any atom is -0.497 e. The number of esters is 1. The second-order valence-electron chi connectivity index (χ2n) is 13.0. The van der Waals surface area contributed by atoms with E-state index in [1.807, 2.05) is 0 Å². The van der Waals surface area contributed by atoms with Crippen LogP contribution < -0.4 is 25.0 Å². The molecule has 2 N–H and O–H groups in total. The normalized spacial score (nSPS) is 14.3. The second kappa shape index (κ2) is 15.7. The molecule has 1 fully saturated rings. The molecule has 3 aromatic carbocycles. The highest BCUT2D eigenvalue weighted by molar-refractivity contribution is 6.36. The maximum Gasteiger partial charge on any atom is 0.410 e. The molecule has 1 aliphatic rings. The van der Waals surface area contributed by atoms with Crippen LogP contribution in [-0.2, 0) is 22.6 Å². The minimum atomic E-state index is -0.991. The van der Waals surface area contributed by atoms with Crippen LogP contribution in [0, 0.1) is 11.6 Å². The van der Waals surface area contributed by atoms with Crippen molar-refractivity contribution in [2.45, 2.75) is 59.0 Å². The molecule has 0 saturated carbocycles. The highest BCUT2D eigenvalue weighted by Gasteiger charge is 2.33. The average molecular weight is 744 g/mol. The van der Waals surface area contributed by atoms with Crippen molar-refractivity contribution in [3.63, 3.8) is 0 Å². The molecule has 15 heteroatoms. The van der Waals surface area contributed by atoms with Gasteiger partial charge in [-0.3, -0.25) is 4.79 Å². The zero-order valence-corrected chi connectivity index (χ0v) is 30.4. The van der Waals surface area contributed by atoms with Crippen molar-refractivity contribution in [2.24, 2.45) is 0 Å². The Labute approximate surface area is 303 Å². The molecule has 0 aliphatic carbocycles. The van der Waals surface area contributed by atoms with Gasteiger partial charge in [-0.05, 0) is 58.0 Å². The molecule has 1 saturated heterocycles. The summed E-state index contributed by atoms with van der Waals surface area (Å²) in [4.78, 5) is 40.8. The molecule has 2 heterocycles. The van der Waals surface area contributed by atoms with E-state index < -0.39 is 58.8 Å². The van der Waals surface area contributed by atoms with E-state index >= 15 is 8.78 Å². The number of aliphatic hydroxyl groups excluding tert-OH is 1. The third kappa shape index (κ3) is 8.02. The summed E-state index contributed by atoms with van der Waals surface area (Å²) < 4.78 is 60.0. The predicted octanol–water partition coefficient (Wildman–Crippen LogP) is 6.61. The SMILES string of the molecule is CCOC(=O)c1cn(-c2cc(NCc3ccc(OC)cc3OC)c(F)cc2CO)c2c(Cl)c(OC3CCN(C(=O)OC(C)(C)C)C3)c(F)cc2c1=O. The lowest BCUT2D eigenvalue weighted by Crippen LogP contribution is -2.36. The smallest absolute Gasteiger partial charge is 0.410 e. The number of ether oxygens (including phenoxy) is 5. The molecule has 1 aromatic heterocycles. The van der Waals surface area contributed by atoms with E-state index in [2.05, 4.69) is 5.32 Å². The number of hydrogen-bond donors (Lipinski definition) is 2. The Balaban J connectivity index is 1.62. The summed E-state index contributed by atoms with van der Waals surface area (Å²) in [6.45, 7) is 6.54. The fourth-order valence-electron chi connectivity index (χ4n) is 5.81. The van der Waals surface area contributed by atoms with Gasteiger partial charge in [0.25, 0.3) is 0 Å². The Morgan fingerprint density at radius 3 is 2.46 bits per heavy atom. The standard InChI is InChI=1S/C37H40ClF2N3O9/c1-7-50-35(46)25-18-43(29-15-28(26(39)12-21(29)19-44)41-16-20-8-9-22(48-5)13-30(20)49-6)32-24(33(25)45)14-27(40)34(31(32)38)51-23-10-11-42(17-23)36(47)52-37(2,3)4/h8-9,12-15,18,23,41,44H,7,10-11,16-17,19H2,1-6H3. The van der Waals surface area contributed by atoms with E-state index in [1.54, 1.807) is 45.9 Å². The molecule has 278 valence electrons. The Bertz CT molecular complexity index is 2070. The summed E-state index contributed by atoms with van der Waals surface area (Å²) >= 11 is 6.87. The van der Waals surface area contributed by atoms with Crippen LogP contribution in [0.15, 0.2) is 47.4 Å². The lowest BCUT2D eigenvalue weighted by molar-refractivity contribution is 0.0275. The van der Waals surface area contributed by atoms with Crippen molar-refractivity contribution in [3.8, 4) is 22.9 Å². The van der Waals surface area contributed by atoms with Crippen LogP contribution in [0.3, 0.4) is 0 Å². The van der Waals surface area contributed by atoms with Gasteiger partial charge in [0.15, 0.2) is 11.6 Å². The maximum absolute atomic E-state index is 15.8. The van der Waals surface area contributed by atoms with Gasteiger partial charge in [0, 0.05) is 42.9 Å². The third-order valence-corrected chi connectivity index (χ3v) is 8.63. The quantitative estimate of drug-likeness (QED) is 0.162. The van der Waals surface area contributed by atoms with E-state index in [1.165, 1.54) is 29.8 Å². The number of likely N-dealkylation sites (tertiary alicyclic amines) is 1. The number of nitrogens with one attached hydrogen (secondary N) is 1. The summed E-state index contributed by atoms with van der Waals surface area (Å²) in [7, 11) is 3.01. The fraction of sp³-hybridized carbons (Fsp3) is 0.378. The number of halogens is 3. The van der Waals surface area contributed by atoms with Crippen LogP contribution in [-0.4, -0.2) is 72.3 Å². The number of amides is 1. The van der Waals surface area contributed by atoms with Crippen molar-refractivity contribution in [1.29, 1.82) is 0 Å². The highest BCUT2D eigenvalue weighted by atomic mass is 35.5. The van der Waals surface area contributed by atoms with E-state index in [0.717, 1.165) is 18.3 Å². The van der Waals surface area contributed by atoms with Gasteiger partial charge in [0.2, 0.25) is 5.43 Å². The molecule has 52 heavy (non-hydrogen) atoms. The number of pyridine rings is 1. The van der Waals surface area contributed by atoms with Gasteiger partial charge in [-0.25, -0.2) is 18.4 Å². The number of carbonyl (C=O) groups is 2. The van der Waals surface area contributed by atoms with Gasteiger partial charge >= 0.3 is 12.1 Å². The number of anilines is 1. The first-order valence-electron chi connectivity index (χ1n) is 16.5. The van der Waals surface area contributed by atoms with Crippen LogP contribution in [0.5, 0.6) is 17.2 Å². The summed E-state index contributed by atoms with van der Waals surface area (Å²) in [5.74, 6) is -2.04. The maximum atomic E-state index is 15.8. The van der Waals surface area contributed by atoms with Crippen LogP contribution in [0.2, 0.25) is 5.02 Å². The largest absolute Gasteiger partial charge is 0.497 e. The van der Waals surface area contributed by atoms with Crippen molar-refractivity contribution in [2.75, 3.05) is 39.2 Å². The number of hydrogen-bond acceptors (Lipinski definition) is 10. The van der Waals surface area contributed by atoms with E-state index in [-0.39, 0.29) is 59.1 Å². The molecule has 1 unspecified atom stereocenters. The Morgan fingerprint density at radius 1 is 1.06 bits per heavy atom. The molecule has 4 aromatic rings. The van der Waals surface area contributed by atoms with E-state index in [4.69, 9.17) is 35.3 Å². The van der Waals surface area contributed by atoms with E-state index in [0.29, 0.717) is 23.5 Å². The van der Waals surface area contributed by atoms with Gasteiger partial charge in [0.05, 0.1) is 56.3 Å². The highest BCUT2D eigenvalue weighted by Crippen LogP contribution is 2.39. The van der Waals surface area contributed by atoms with Gasteiger partial charge in [-0.15, -0.1) is 0 Å². The number of nitrogens with zero attached hydrogens (tertiary/aromatic N) is 2. The molecule has 0 bridgehead atoms. The Kier molecular flexibility index (Phi) is 11.5. The number of rotatable bonds is 11. The first-order chi connectivity index (χ1) is 24.7. The van der Waals surface area contributed by atoms with Crippen LogP contribution in [0.1, 0.15) is 55.6 Å². The second-order valence-corrected chi connectivity index (χ2v) is 13.3. The van der Waals surface area contributed by atoms with Crippen molar-refractivity contribution < 1.29 is 47.2 Å². The Hall–Kier alpha value is -5.08. The summed E-state index contributed by atoms with van der Waals surface area (Å²) in [6, 6.07) is 8.51. The van der Waals surface area contributed by atoms with Crippen molar-refractivity contribution >= 4 is 40.3 Å². The van der Waals surface area contributed by atoms with Gasteiger partial charge in [0.1, 0.15) is 39.6 Å². The van der Waals surface area contributed by atoms with E-state index in [9.17, 15) is 19.5 Å². The lowest BCUT2D eigenvalue weighted by Gasteiger charge is -2.24.